The second kappa shape index (κ2) is 6.99. The molecule has 0 N–H and O–H groups in total. The highest BCUT2D eigenvalue weighted by Crippen LogP contribution is 2.43. The summed E-state index contributed by atoms with van der Waals surface area (Å²) in [6.45, 7) is 5.74. The maximum absolute atomic E-state index is 13.0. The van der Waals surface area contributed by atoms with E-state index in [0.717, 1.165) is 36.6 Å². The molecule has 150 valence electrons. The molecule has 2 aromatic carbocycles. The minimum atomic E-state index is -0.821. The van der Waals surface area contributed by atoms with Crippen molar-refractivity contribution in [2.45, 2.75) is 51.3 Å². The van der Waals surface area contributed by atoms with Gasteiger partial charge >= 0.3 is 0 Å². The van der Waals surface area contributed by atoms with Crippen molar-refractivity contribution in [2.24, 2.45) is 4.99 Å². The van der Waals surface area contributed by atoms with Gasteiger partial charge in [0.25, 0.3) is 0 Å². The normalized spacial score (nSPS) is 27.9. The van der Waals surface area contributed by atoms with Gasteiger partial charge in [0.15, 0.2) is 5.84 Å². The lowest BCUT2D eigenvalue weighted by Crippen LogP contribution is -2.65. The lowest BCUT2D eigenvalue weighted by atomic mass is 10.0. The van der Waals surface area contributed by atoms with E-state index in [0.29, 0.717) is 25.5 Å². The molecule has 0 aliphatic carbocycles. The summed E-state index contributed by atoms with van der Waals surface area (Å²) in [4.78, 5) is 22.4. The van der Waals surface area contributed by atoms with Gasteiger partial charge in [0, 0.05) is 25.1 Å². The molecule has 5 nitrogen and oxygen atoms in total. The number of amides is 1. The summed E-state index contributed by atoms with van der Waals surface area (Å²) in [5.74, 6) is 0.990. The zero-order valence-corrected chi connectivity index (χ0v) is 17.1. The van der Waals surface area contributed by atoms with Crippen LogP contribution < -0.4 is 4.90 Å². The Morgan fingerprint density at radius 3 is 2.45 bits per heavy atom. The number of ether oxygens (including phenoxy) is 1. The van der Waals surface area contributed by atoms with Crippen molar-refractivity contribution in [3.05, 3.63) is 59.7 Å². The number of amidine groups is 1. The van der Waals surface area contributed by atoms with Crippen LogP contribution in [0.5, 0.6) is 0 Å². The topological polar surface area (TPSA) is 45.1 Å². The van der Waals surface area contributed by atoms with Crippen molar-refractivity contribution in [1.82, 2.24) is 4.90 Å². The van der Waals surface area contributed by atoms with Crippen LogP contribution in [-0.4, -0.2) is 41.6 Å². The highest BCUT2D eigenvalue weighted by atomic mass is 16.5. The monoisotopic (exact) mass is 389 g/mol. The molecule has 0 bridgehead atoms. The fraction of sp³-hybridized carbons (Fsp3) is 0.417. The number of rotatable bonds is 2. The summed E-state index contributed by atoms with van der Waals surface area (Å²) in [7, 11) is 0. The molecule has 5 rings (SSSR count). The Hall–Kier alpha value is -2.66. The van der Waals surface area contributed by atoms with Crippen LogP contribution in [-0.2, 0) is 9.53 Å². The zero-order chi connectivity index (χ0) is 20.0. The van der Waals surface area contributed by atoms with E-state index in [1.165, 1.54) is 11.1 Å². The Labute approximate surface area is 172 Å². The Kier molecular flexibility index (Phi) is 4.43. The van der Waals surface area contributed by atoms with Gasteiger partial charge in [0.05, 0.1) is 18.3 Å². The molecular weight excluding hydrogens is 362 g/mol. The number of anilines is 1. The summed E-state index contributed by atoms with van der Waals surface area (Å²) >= 11 is 0. The van der Waals surface area contributed by atoms with Crippen LogP contribution in [0, 0.1) is 13.8 Å². The van der Waals surface area contributed by atoms with Crippen LogP contribution in [0.1, 0.15) is 36.8 Å². The fourth-order valence-electron chi connectivity index (χ4n) is 4.80. The van der Waals surface area contributed by atoms with Crippen molar-refractivity contribution < 1.29 is 9.53 Å². The van der Waals surface area contributed by atoms with Gasteiger partial charge in [0.1, 0.15) is 0 Å². The van der Waals surface area contributed by atoms with Crippen molar-refractivity contribution >= 4 is 23.1 Å². The zero-order valence-electron chi connectivity index (χ0n) is 17.1. The molecule has 2 aromatic rings. The van der Waals surface area contributed by atoms with Crippen molar-refractivity contribution in [2.75, 3.05) is 18.1 Å². The SMILES string of the molecule is Cc1ccc(N=C2N3CCCC3COC23CCC(=O)N3c2ccc(C)cc2)cc1. The summed E-state index contributed by atoms with van der Waals surface area (Å²) in [5.41, 5.74) is 3.35. The fourth-order valence-corrected chi connectivity index (χ4v) is 4.80. The standard InChI is InChI=1S/C24H27N3O2/c1-17-5-9-19(10-6-17)25-23-24(29-16-21-4-3-15-26(21)23)14-13-22(28)27(24)20-11-7-18(2)8-12-20/h5-12,21H,3-4,13-16H2,1-2H3. The average Bonchev–Trinajstić information content (AvgIpc) is 3.32. The Bertz CT molecular complexity index is 951. The van der Waals surface area contributed by atoms with Gasteiger partial charge in [-0.1, -0.05) is 35.4 Å². The van der Waals surface area contributed by atoms with E-state index in [1.807, 2.05) is 41.3 Å². The maximum Gasteiger partial charge on any atom is 0.229 e. The Morgan fingerprint density at radius 2 is 1.72 bits per heavy atom. The molecule has 2 atom stereocenters. The second-order valence-corrected chi connectivity index (χ2v) is 8.42. The van der Waals surface area contributed by atoms with E-state index in [9.17, 15) is 4.79 Å². The number of aliphatic imine (C=N–C) groups is 1. The number of hydrogen-bond acceptors (Lipinski definition) is 3. The summed E-state index contributed by atoms with van der Waals surface area (Å²) in [5, 5.41) is 0. The molecular formula is C24H27N3O2. The van der Waals surface area contributed by atoms with Crippen LogP contribution in [0.15, 0.2) is 53.5 Å². The molecule has 3 fully saturated rings. The molecule has 0 saturated carbocycles. The quantitative estimate of drug-likeness (QED) is 0.767. The highest BCUT2D eigenvalue weighted by molar-refractivity contribution is 6.08. The molecule has 29 heavy (non-hydrogen) atoms. The third-order valence-corrected chi connectivity index (χ3v) is 6.36. The minimum absolute atomic E-state index is 0.100. The lowest BCUT2D eigenvalue weighted by Gasteiger charge is -2.48. The summed E-state index contributed by atoms with van der Waals surface area (Å²) < 4.78 is 6.55. The number of benzene rings is 2. The molecule has 3 aliphatic rings. The van der Waals surface area contributed by atoms with E-state index < -0.39 is 5.72 Å². The number of carbonyl (C=O) groups is 1. The number of carbonyl (C=O) groups excluding carboxylic acids is 1. The number of nitrogens with zero attached hydrogens (tertiary/aromatic N) is 3. The average molecular weight is 389 g/mol. The van der Waals surface area contributed by atoms with Crippen molar-refractivity contribution in [3.63, 3.8) is 0 Å². The van der Waals surface area contributed by atoms with Crippen LogP contribution >= 0.6 is 0 Å². The van der Waals surface area contributed by atoms with Gasteiger partial charge in [-0.05, 0) is 51.0 Å². The van der Waals surface area contributed by atoms with Gasteiger partial charge in [0.2, 0.25) is 11.6 Å². The largest absolute Gasteiger partial charge is 0.351 e. The van der Waals surface area contributed by atoms with E-state index in [4.69, 9.17) is 9.73 Å². The van der Waals surface area contributed by atoms with E-state index >= 15 is 0 Å². The predicted octanol–water partition coefficient (Wildman–Crippen LogP) is 4.35. The van der Waals surface area contributed by atoms with Gasteiger partial charge in [-0.25, -0.2) is 4.99 Å². The van der Waals surface area contributed by atoms with E-state index in [1.54, 1.807) is 0 Å². The van der Waals surface area contributed by atoms with Gasteiger partial charge in [-0.15, -0.1) is 0 Å². The summed E-state index contributed by atoms with van der Waals surface area (Å²) in [6.07, 6.45) is 3.35. The van der Waals surface area contributed by atoms with Gasteiger partial charge in [-0.2, -0.15) is 0 Å². The van der Waals surface area contributed by atoms with E-state index in [-0.39, 0.29) is 5.91 Å². The molecule has 3 heterocycles. The van der Waals surface area contributed by atoms with Crippen molar-refractivity contribution in [3.8, 4) is 0 Å². The first-order valence-electron chi connectivity index (χ1n) is 10.5. The van der Waals surface area contributed by atoms with Gasteiger partial charge in [-0.3, -0.25) is 9.69 Å². The number of morpholine rings is 1. The smallest absolute Gasteiger partial charge is 0.229 e. The maximum atomic E-state index is 13.0. The molecule has 3 aliphatic heterocycles. The van der Waals surface area contributed by atoms with Crippen LogP contribution in [0.25, 0.3) is 0 Å². The summed E-state index contributed by atoms with van der Waals surface area (Å²) in [6, 6.07) is 16.7. The third-order valence-electron chi connectivity index (χ3n) is 6.36. The van der Waals surface area contributed by atoms with Crippen LogP contribution in [0.4, 0.5) is 11.4 Å². The van der Waals surface area contributed by atoms with Crippen LogP contribution in [0.3, 0.4) is 0 Å². The first-order valence-corrected chi connectivity index (χ1v) is 10.5. The van der Waals surface area contributed by atoms with E-state index in [2.05, 4.69) is 30.9 Å². The molecule has 5 heteroatoms. The number of aryl methyl sites for hydroxylation is 2. The molecule has 3 saturated heterocycles. The molecule has 1 amide bonds. The number of hydrogen-bond donors (Lipinski definition) is 0. The molecule has 2 unspecified atom stereocenters. The molecule has 1 spiro atoms. The first-order chi connectivity index (χ1) is 14.1. The minimum Gasteiger partial charge on any atom is -0.351 e. The lowest BCUT2D eigenvalue weighted by molar-refractivity contribution is -0.119. The number of fused-ring (bicyclic) bond motifs is 1. The Morgan fingerprint density at radius 1 is 1.03 bits per heavy atom. The first kappa shape index (κ1) is 18.4. The molecule has 0 aromatic heterocycles. The highest BCUT2D eigenvalue weighted by Gasteiger charge is 2.57. The Balaban J connectivity index is 1.64. The van der Waals surface area contributed by atoms with Crippen LogP contribution in [0.2, 0.25) is 0 Å². The predicted molar refractivity (Wildman–Crippen MR) is 115 cm³/mol. The van der Waals surface area contributed by atoms with Gasteiger partial charge < -0.3 is 9.64 Å². The van der Waals surface area contributed by atoms with Crippen molar-refractivity contribution in [1.29, 1.82) is 0 Å². The second-order valence-electron chi connectivity index (χ2n) is 8.42. The molecule has 0 radical (unpaired) electrons. The third kappa shape index (κ3) is 3.04.